The molecule has 0 aliphatic carbocycles. The minimum atomic E-state index is -0.969. The first-order chi connectivity index (χ1) is 17.3. The van der Waals surface area contributed by atoms with E-state index in [2.05, 4.69) is 13.8 Å². The Kier molecular flexibility index (Phi) is 12.0. The summed E-state index contributed by atoms with van der Waals surface area (Å²) in [7, 11) is 1.71. The number of epoxide rings is 1. The first-order valence-electron chi connectivity index (χ1n) is 13.8. The van der Waals surface area contributed by atoms with Crippen LogP contribution in [0.15, 0.2) is 36.0 Å². The van der Waals surface area contributed by atoms with Crippen molar-refractivity contribution in [1.29, 1.82) is 0 Å². The minimum absolute atomic E-state index is 0.00480. The maximum atomic E-state index is 12.6. The van der Waals surface area contributed by atoms with Crippen molar-refractivity contribution in [2.75, 3.05) is 7.11 Å². The van der Waals surface area contributed by atoms with E-state index in [0.29, 0.717) is 12.8 Å². The van der Waals surface area contributed by atoms with E-state index in [9.17, 15) is 20.1 Å². The lowest BCUT2D eigenvalue weighted by Crippen LogP contribution is -2.34. The Labute approximate surface area is 223 Å². The van der Waals surface area contributed by atoms with E-state index in [-0.39, 0.29) is 48.4 Å². The van der Waals surface area contributed by atoms with Crippen LogP contribution in [0.1, 0.15) is 74.1 Å². The van der Waals surface area contributed by atoms with Gasteiger partial charge in [0.1, 0.15) is 12.2 Å². The van der Waals surface area contributed by atoms with Crippen LogP contribution in [-0.2, 0) is 19.0 Å². The highest BCUT2D eigenvalue weighted by Gasteiger charge is 2.50. The molecule has 2 aliphatic rings. The summed E-state index contributed by atoms with van der Waals surface area (Å²) < 4.78 is 17.1. The number of carbonyl (C=O) groups is 1. The van der Waals surface area contributed by atoms with Crippen LogP contribution in [0, 0.1) is 23.7 Å². The molecule has 0 aromatic rings. The first-order valence-corrected chi connectivity index (χ1v) is 13.8. The van der Waals surface area contributed by atoms with Gasteiger partial charge in [0, 0.05) is 30.8 Å². The molecule has 0 saturated carbocycles. The number of methoxy groups -OCH3 is 1. The van der Waals surface area contributed by atoms with E-state index in [0.717, 1.165) is 12.0 Å². The third-order valence-electron chi connectivity index (χ3n) is 8.28. The molecule has 1 fully saturated rings. The van der Waals surface area contributed by atoms with Gasteiger partial charge < -0.3 is 29.5 Å². The van der Waals surface area contributed by atoms with Gasteiger partial charge in [-0.1, -0.05) is 65.0 Å². The number of cyclic esters (lactones) is 1. The average molecular weight is 523 g/mol. The molecule has 37 heavy (non-hydrogen) atoms. The topological polar surface area (TPSA) is 109 Å². The monoisotopic (exact) mass is 522 g/mol. The molecule has 0 aromatic heterocycles. The van der Waals surface area contributed by atoms with Crippen LogP contribution in [0.2, 0.25) is 0 Å². The molecule has 0 unspecified atom stereocenters. The average Bonchev–Trinajstić information content (AvgIpc) is 3.64. The summed E-state index contributed by atoms with van der Waals surface area (Å²) in [6, 6.07) is 0. The highest BCUT2D eigenvalue weighted by Crippen LogP contribution is 2.37. The van der Waals surface area contributed by atoms with Gasteiger partial charge in [-0.2, -0.15) is 0 Å². The largest absolute Gasteiger partial charge is 0.457 e. The second kappa shape index (κ2) is 14.0. The molecule has 0 aromatic carbocycles. The maximum Gasteiger partial charge on any atom is 0.309 e. The first kappa shape index (κ1) is 31.7. The third kappa shape index (κ3) is 9.03. The van der Waals surface area contributed by atoms with Gasteiger partial charge in [-0.3, -0.25) is 4.79 Å². The maximum absolute atomic E-state index is 12.6. The van der Waals surface area contributed by atoms with Crippen LogP contribution in [0.25, 0.3) is 0 Å². The van der Waals surface area contributed by atoms with E-state index in [1.165, 1.54) is 0 Å². The smallest absolute Gasteiger partial charge is 0.309 e. The van der Waals surface area contributed by atoms with Crippen molar-refractivity contribution in [3.8, 4) is 0 Å². The molecule has 11 atom stereocenters. The van der Waals surface area contributed by atoms with Gasteiger partial charge in [-0.25, -0.2) is 0 Å². The minimum Gasteiger partial charge on any atom is -0.457 e. The molecule has 0 amide bonds. The molecule has 2 heterocycles. The third-order valence-corrected chi connectivity index (χ3v) is 8.28. The Hall–Kier alpha value is -1.51. The lowest BCUT2D eigenvalue weighted by atomic mass is 9.84. The van der Waals surface area contributed by atoms with E-state index in [1.54, 1.807) is 14.0 Å². The molecule has 7 heteroatoms. The van der Waals surface area contributed by atoms with Gasteiger partial charge in [0.15, 0.2) is 0 Å². The number of hydrogen-bond donors (Lipinski definition) is 3. The van der Waals surface area contributed by atoms with E-state index < -0.39 is 29.9 Å². The fourth-order valence-corrected chi connectivity index (χ4v) is 5.12. The SMILES string of the molecule is CC[C@H](OC)[C@@H](C)[C@H]1O[C@@H]1[C@H](O)[C@@H](C)/C=C/C=C(\C)[C@H]1OC(=O)C[C@H](O)CC[C@@](C)(O)[C@@H](C)/C=C/[C@@H]1C. The Bertz CT molecular complexity index is 813. The Balaban J connectivity index is 2.09. The van der Waals surface area contributed by atoms with Crippen LogP contribution in [-0.4, -0.2) is 70.6 Å². The van der Waals surface area contributed by atoms with Gasteiger partial charge in [0.2, 0.25) is 0 Å². The predicted molar refractivity (Wildman–Crippen MR) is 145 cm³/mol. The molecule has 3 N–H and O–H groups in total. The number of hydrogen-bond acceptors (Lipinski definition) is 7. The molecule has 0 bridgehead atoms. The number of allylic oxidation sites excluding steroid dienone is 2. The molecule has 2 rings (SSSR count). The van der Waals surface area contributed by atoms with Crippen molar-refractivity contribution < 1.29 is 34.3 Å². The number of ether oxygens (including phenoxy) is 3. The van der Waals surface area contributed by atoms with Crippen molar-refractivity contribution in [2.45, 2.75) is 116 Å². The van der Waals surface area contributed by atoms with E-state index >= 15 is 0 Å². The fourth-order valence-electron chi connectivity index (χ4n) is 5.12. The number of aliphatic hydroxyl groups is 3. The summed E-state index contributed by atoms with van der Waals surface area (Å²) in [5.74, 6) is -0.608. The van der Waals surface area contributed by atoms with Gasteiger partial charge >= 0.3 is 5.97 Å². The molecular weight excluding hydrogens is 472 g/mol. The summed E-state index contributed by atoms with van der Waals surface area (Å²) in [5, 5.41) is 31.9. The summed E-state index contributed by atoms with van der Waals surface area (Å²) in [4.78, 5) is 12.6. The second-order valence-electron chi connectivity index (χ2n) is 11.4. The van der Waals surface area contributed by atoms with Crippen LogP contribution < -0.4 is 0 Å². The summed E-state index contributed by atoms with van der Waals surface area (Å²) >= 11 is 0. The highest BCUT2D eigenvalue weighted by atomic mass is 16.6. The Morgan fingerprint density at radius 1 is 1.27 bits per heavy atom. The Morgan fingerprint density at radius 2 is 1.95 bits per heavy atom. The van der Waals surface area contributed by atoms with Crippen LogP contribution in [0.3, 0.4) is 0 Å². The summed E-state index contributed by atoms with van der Waals surface area (Å²) in [6.07, 6.45) is 9.11. The predicted octanol–water partition coefficient (Wildman–Crippen LogP) is 4.35. The standard InChI is InChI=1S/C30H50O7/c1-9-24(35-8)22(6)28-29(37-28)26(33)18(2)11-10-12-19(3)27-20(4)13-14-21(5)30(7,34)16-15-23(31)17-25(32)36-27/h10-14,18,20-24,26-29,31,33-34H,9,15-17H2,1-8H3/b11-10+,14-13+,19-12+/t18-,20-,21-,22+,23+,24-,26+,27+,28+,29+,30+/m0/s1. The van der Waals surface area contributed by atoms with E-state index in [4.69, 9.17) is 14.2 Å². The Morgan fingerprint density at radius 3 is 2.57 bits per heavy atom. The van der Waals surface area contributed by atoms with Crippen molar-refractivity contribution in [3.05, 3.63) is 36.0 Å². The summed E-state index contributed by atoms with van der Waals surface area (Å²) in [6.45, 7) is 13.7. The van der Waals surface area contributed by atoms with Crippen LogP contribution in [0.5, 0.6) is 0 Å². The van der Waals surface area contributed by atoms with Crippen molar-refractivity contribution in [2.24, 2.45) is 23.7 Å². The molecular formula is C30H50O7. The van der Waals surface area contributed by atoms with Gasteiger partial charge in [-0.15, -0.1) is 0 Å². The molecule has 0 spiro atoms. The summed E-state index contributed by atoms with van der Waals surface area (Å²) in [5.41, 5.74) is -0.113. The number of esters is 1. The van der Waals surface area contributed by atoms with Gasteiger partial charge in [-0.05, 0) is 38.7 Å². The molecule has 2 aliphatic heterocycles. The van der Waals surface area contributed by atoms with Crippen LogP contribution in [0.4, 0.5) is 0 Å². The van der Waals surface area contributed by atoms with Crippen molar-refractivity contribution in [3.63, 3.8) is 0 Å². The highest BCUT2D eigenvalue weighted by molar-refractivity contribution is 5.70. The van der Waals surface area contributed by atoms with Crippen molar-refractivity contribution >= 4 is 5.97 Å². The molecule has 1 saturated heterocycles. The van der Waals surface area contributed by atoms with Gasteiger partial charge in [0.05, 0.1) is 36.4 Å². The van der Waals surface area contributed by atoms with E-state index in [1.807, 2.05) is 58.1 Å². The van der Waals surface area contributed by atoms with Gasteiger partial charge in [0.25, 0.3) is 0 Å². The normalized spacial score (nSPS) is 38.1. The molecule has 212 valence electrons. The zero-order valence-electron chi connectivity index (χ0n) is 24.0. The second-order valence-corrected chi connectivity index (χ2v) is 11.4. The molecule has 0 radical (unpaired) electrons. The van der Waals surface area contributed by atoms with Crippen molar-refractivity contribution in [1.82, 2.24) is 0 Å². The fraction of sp³-hybridized carbons (Fsp3) is 0.767. The number of aliphatic hydroxyl groups excluding tert-OH is 2. The zero-order valence-corrected chi connectivity index (χ0v) is 24.0. The number of rotatable bonds is 9. The lowest BCUT2D eigenvalue weighted by Gasteiger charge is -2.31. The number of carbonyl (C=O) groups excluding carboxylic acids is 1. The lowest BCUT2D eigenvalue weighted by molar-refractivity contribution is -0.151. The molecule has 7 nitrogen and oxygen atoms in total. The van der Waals surface area contributed by atoms with Crippen LogP contribution >= 0.6 is 0 Å². The quantitative estimate of drug-likeness (QED) is 0.179. The zero-order chi connectivity index (χ0) is 27.9.